The number of nitrogens with zero attached hydrogens (tertiary/aromatic N) is 1. The average Bonchev–Trinajstić information content (AvgIpc) is 2.69. The van der Waals surface area contributed by atoms with Gasteiger partial charge in [-0.2, -0.15) is 0 Å². The minimum absolute atomic E-state index is 0.293. The third-order valence-electron chi connectivity index (χ3n) is 4.36. The van der Waals surface area contributed by atoms with Gasteiger partial charge in [0.15, 0.2) is 0 Å². The zero-order valence-electron chi connectivity index (χ0n) is 9.24. The van der Waals surface area contributed by atoms with Crippen molar-refractivity contribution in [2.75, 3.05) is 13.1 Å². The number of carbonyl (C=O) groups is 1. The van der Waals surface area contributed by atoms with E-state index in [1.165, 1.54) is 32.1 Å². The summed E-state index contributed by atoms with van der Waals surface area (Å²) in [5, 5.41) is 3.62. The Labute approximate surface area is 91.2 Å². The van der Waals surface area contributed by atoms with E-state index in [4.69, 9.17) is 0 Å². The maximum Gasteiger partial charge on any atom is 0.227 e. The highest BCUT2D eigenvalue weighted by atomic mass is 16.2. The predicted molar refractivity (Wildman–Crippen MR) is 58.5 cm³/mol. The molecule has 3 fully saturated rings. The highest BCUT2D eigenvalue weighted by molar-refractivity contribution is 5.80. The van der Waals surface area contributed by atoms with E-state index in [-0.39, 0.29) is 0 Å². The maximum absolute atomic E-state index is 12.3. The molecule has 0 bridgehead atoms. The van der Waals surface area contributed by atoms with Crippen molar-refractivity contribution in [3.63, 3.8) is 0 Å². The Morgan fingerprint density at radius 2 is 2.00 bits per heavy atom. The van der Waals surface area contributed by atoms with E-state index in [0.717, 1.165) is 19.5 Å². The molecule has 0 radical (unpaired) electrons. The number of hydrogen-bond donors (Lipinski definition) is 1. The van der Waals surface area contributed by atoms with Gasteiger partial charge in [-0.15, -0.1) is 0 Å². The number of hydrogen-bond acceptors (Lipinski definition) is 2. The van der Waals surface area contributed by atoms with Gasteiger partial charge in [0.05, 0.1) is 5.92 Å². The molecule has 0 aromatic carbocycles. The van der Waals surface area contributed by atoms with Crippen LogP contribution < -0.4 is 5.32 Å². The van der Waals surface area contributed by atoms with E-state index in [1.807, 2.05) is 0 Å². The van der Waals surface area contributed by atoms with Crippen LogP contribution in [0.2, 0.25) is 0 Å². The fourth-order valence-corrected chi connectivity index (χ4v) is 3.51. The first kappa shape index (κ1) is 9.64. The van der Waals surface area contributed by atoms with Crippen LogP contribution in [0.4, 0.5) is 0 Å². The Bertz CT molecular complexity index is 266. The Morgan fingerprint density at radius 1 is 1.13 bits per heavy atom. The van der Waals surface area contributed by atoms with Crippen LogP contribution in [0.1, 0.15) is 38.5 Å². The monoisotopic (exact) mass is 208 g/mol. The second-order valence-corrected chi connectivity index (χ2v) is 5.23. The quantitative estimate of drug-likeness (QED) is 0.647. The lowest BCUT2D eigenvalue weighted by Gasteiger charge is -2.30. The first-order valence-electron chi connectivity index (χ1n) is 6.40. The molecular formula is C12H20N2O. The van der Waals surface area contributed by atoms with Gasteiger partial charge in [-0.3, -0.25) is 4.79 Å². The zero-order valence-corrected chi connectivity index (χ0v) is 9.24. The average molecular weight is 208 g/mol. The number of rotatable bonds is 0. The minimum Gasteiger partial charge on any atom is -0.338 e. The molecule has 15 heavy (non-hydrogen) atoms. The van der Waals surface area contributed by atoms with Crippen molar-refractivity contribution >= 4 is 5.91 Å². The molecule has 0 spiro atoms. The molecule has 3 rings (SSSR count). The number of fused-ring (bicyclic) bond motifs is 2. The molecule has 2 aliphatic heterocycles. The highest BCUT2D eigenvalue weighted by Gasteiger charge is 2.40. The molecule has 3 unspecified atom stereocenters. The predicted octanol–water partition coefficient (Wildman–Crippen LogP) is 1.14. The van der Waals surface area contributed by atoms with Gasteiger partial charge < -0.3 is 10.2 Å². The van der Waals surface area contributed by atoms with Crippen LogP contribution in [-0.4, -0.2) is 36.0 Å². The summed E-state index contributed by atoms with van der Waals surface area (Å²) < 4.78 is 0. The summed E-state index contributed by atoms with van der Waals surface area (Å²) in [6, 6.07) is 0.986. The molecule has 0 aromatic rings. The summed E-state index contributed by atoms with van der Waals surface area (Å²) in [6.45, 7) is 2.04. The standard InChI is InChI=1S/C12H20N2O/c15-12-10-5-1-2-6-11(10)13-8-9-4-3-7-14(9)12/h9-11,13H,1-8H2. The Kier molecular flexibility index (Phi) is 2.43. The van der Waals surface area contributed by atoms with Gasteiger partial charge in [-0.1, -0.05) is 12.8 Å². The molecule has 1 N–H and O–H groups in total. The van der Waals surface area contributed by atoms with Gasteiger partial charge >= 0.3 is 0 Å². The van der Waals surface area contributed by atoms with E-state index in [1.54, 1.807) is 0 Å². The summed E-state index contributed by atoms with van der Waals surface area (Å²) in [4.78, 5) is 14.5. The van der Waals surface area contributed by atoms with Crippen LogP contribution in [0.15, 0.2) is 0 Å². The molecule has 1 aliphatic carbocycles. The van der Waals surface area contributed by atoms with E-state index >= 15 is 0 Å². The molecule has 2 heterocycles. The van der Waals surface area contributed by atoms with Gasteiger partial charge in [0.25, 0.3) is 0 Å². The van der Waals surface area contributed by atoms with E-state index in [9.17, 15) is 4.79 Å². The van der Waals surface area contributed by atoms with Crippen LogP contribution in [-0.2, 0) is 4.79 Å². The topological polar surface area (TPSA) is 32.3 Å². The highest BCUT2D eigenvalue weighted by Crippen LogP contribution is 2.31. The molecule has 84 valence electrons. The lowest BCUT2D eigenvalue weighted by molar-refractivity contribution is -0.136. The first-order valence-corrected chi connectivity index (χ1v) is 6.40. The summed E-state index contributed by atoms with van der Waals surface area (Å²) in [5.74, 6) is 0.744. The van der Waals surface area contributed by atoms with Crippen LogP contribution in [0.5, 0.6) is 0 Å². The molecule has 2 saturated heterocycles. The van der Waals surface area contributed by atoms with Crippen molar-refractivity contribution < 1.29 is 4.79 Å². The third-order valence-corrected chi connectivity index (χ3v) is 4.36. The lowest BCUT2D eigenvalue weighted by atomic mass is 9.84. The van der Waals surface area contributed by atoms with Crippen LogP contribution in [0.3, 0.4) is 0 Å². The van der Waals surface area contributed by atoms with E-state index in [2.05, 4.69) is 10.2 Å². The SMILES string of the molecule is O=C1C2CCCCC2NCC2CCCN12. The summed E-state index contributed by atoms with van der Waals surface area (Å²) in [7, 11) is 0. The van der Waals surface area contributed by atoms with Crippen LogP contribution >= 0.6 is 0 Å². The van der Waals surface area contributed by atoms with Crippen molar-refractivity contribution in [3.8, 4) is 0 Å². The molecule has 0 aromatic heterocycles. The number of amides is 1. The second-order valence-electron chi connectivity index (χ2n) is 5.23. The minimum atomic E-state index is 0.293. The zero-order chi connectivity index (χ0) is 10.3. The summed E-state index contributed by atoms with van der Waals surface area (Å²) in [6.07, 6.45) is 7.27. The van der Waals surface area contributed by atoms with Gasteiger partial charge in [0, 0.05) is 25.2 Å². The summed E-state index contributed by atoms with van der Waals surface area (Å²) >= 11 is 0. The fraction of sp³-hybridized carbons (Fsp3) is 0.917. The normalized spacial score (nSPS) is 40.9. The smallest absolute Gasteiger partial charge is 0.227 e. The van der Waals surface area contributed by atoms with Gasteiger partial charge in [-0.25, -0.2) is 0 Å². The van der Waals surface area contributed by atoms with Crippen molar-refractivity contribution in [1.82, 2.24) is 10.2 Å². The van der Waals surface area contributed by atoms with Crippen molar-refractivity contribution in [2.45, 2.75) is 50.6 Å². The Hall–Kier alpha value is -0.570. The molecule has 1 amide bonds. The molecular weight excluding hydrogens is 188 g/mol. The van der Waals surface area contributed by atoms with Gasteiger partial charge in [-0.05, 0) is 25.7 Å². The summed E-state index contributed by atoms with van der Waals surface area (Å²) in [5.41, 5.74) is 0. The van der Waals surface area contributed by atoms with Gasteiger partial charge in [0.1, 0.15) is 0 Å². The second kappa shape index (κ2) is 3.78. The Balaban J connectivity index is 1.82. The van der Waals surface area contributed by atoms with Crippen LogP contribution in [0, 0.1) is 5.92 Å². The number of carbonyl (C=O) groups excluding carboxylic acids is 1. The van der Waals surface area contributed by atoms with Crippen molar-refractivity contribution in [1.29, 1.82) is 0 Å². The van der Waals surface area contributed by atoms with E-state index in [0.29, 0.717) is 23.9 Å². The third kappa shape index (κ3) is 1.57. The van der Waals surface area contributed by atoms with Crippen molar-refractivity contribution in [2.24, 2.45) is 5.92 Å². The van der Waals surface area contributed by atoms with E-state index < -0.39 is 0 Å². The molecule has 3 aliphatic rings. The Morgan fingerprint density at radius 3 is 2.93 bits per heavy atom. The molecule has 3 atom stereocenters. The molecule has 3 nitrogen and oxygen atoms in total. The van der Waals surface area contributed by atoms with Crippen LogP contribution in [0.25, 0.3) is 0 Å². The molecule has 1 saturated carbocycles. The largest absolute Gasteiger partial charge is 0.338 e. The van der Waals surface area contributed by atoms with Crippen molar-refractivity contribution in [3.05, 3.63) is 0 Å². The van der Waals surface area contributed by atoms with Gasteiger partial charge in [0.2, 0.25) is 5.91 Å². The number of nitrogens with one attached hydrogen (secondary N) is 1. The molecule has 3 heteroatoms. The first-order chi connectivity index (χ1) is 7.36. The lowest BCUT2D eigenvalue weighted by Crippen LogP contribution is -2.42. The fourth-order valence-electron chi connectivity index (χ4n) is 3.51. The maximum atomic E-state index is 12.3.